The Morgan fingerprint density at radius 3 is 2.81 bits per heavy atom. The molecule has 0 atom stereocenters. The zero-order chi connectivity index (χ0) is 18.8. The van der Waals surface area contributed by atoms with E-state index in [1.54, 1.807) is 18.5 Å². The van der Waals surface area contributed by atoms with Gasteiger partial charge in [-0.25, -0.2) is 9.97 Å². The van der Waals surface area contributed by atoms with Gasteiger partial charge in [-0.1, -0.05) is 5.16 Å². The molecule has 0 bridgehead atoms. The molecule has 0 aliphatic carbocycles. The summed E-state index contributed by atoms with van der Waals surface area (Å²) < 4.78 is 7.12. The molecule has 4 rings (SSSR count). The second-order valence-electron chi connectivity index (χ2n) is 6.57. The molecular formula is C18H21N7O2. The van der Waals surface area contributed by atoms with Gasteiger partial charge in [-0.2, -0.15) is 5.10 Å². The standard InChI is InChI=1S/C18H21N7O2/c1-12-16(13(2)27-23-12)9-17(26)24-6-7-25-15(11-24)8-14(22-25)10-21-18-19-4-3-5-20-18/h3-5,8H,6-7,9-11H2,1-2H3,(H,19,20,21). The fraction of sp³-hybridized carbons (Fsp3) is 0.389. The van der Waals surface area contributed by atoms with Crippen LogP contribution in [0.1, 0.15) is 28.4 Å². The third-order valence-electron chi connectivity index (χ3n) is 4.70. The van der Waals surface area contributed by atoms with E-state index in [1.807, 2.05) is 29.5 Å². The smallest absolute Gasteiger partial charge is 0.227 e. The average molecular weight is 367 g/mol. The molecule has 27 heavy (non-hydrogen) atoms. The number of fused-ring (bicyclic) bond motifs is 1. The first-order valence-electron chi connectivity index (χ1n) is 8.86. The van der Waals surface area contributed by atoms with E-state index in [0.717, 1.165) is 22.6 Å². The maximum absolute atomic E-state index is 12.7. The maximum atomic E-state index is 12.7. The lowest BCUT2D eigenvalue weighted by molar-refractivity contribution is -0.132. The summed E-state index contributed by atoms with van der Waals surface area (Å²) in [6, 6.07) is 3.79. The highest BCUT2D eigenvalue weighted by molar-refractivity contribution is 5.79. The van der Waals surface area contributed by atoms with Crippen molar-refractivity contribution in [3.05, 3.63) is 52.9 Å². The average Bonchev–Trinajstić information content (AvgIpc) is 3.24. The van der Waals surface area contributed by atoms with E-state index >= 15 is 0 Å². The Balaban J connectivity index is 1.39. The molecule has 0 radical (unpaired) electrons. The van der Waals surface area contributed by atoms with Gasteiger partial charge >= 0.3 is 0 Å². The number of nitrogens with zero attached hydrogens (tertiary/aromatic N) is 6. The van der Waals surface area contributed by atoms with Gasteiger partial charge < -0.3 is 14.7 Å². The van der Waals surface area contributed by atoms with E-state index in [0.29, 0.717) is 44.3 Å². The minimum absolute atomic E-state index is 0.0780. The summed E-state index contributed by atoms with van der Waals surface area (Å²) >= 11 is 0. The largest absolute Gasteiger partial charge is 0.361 e. The van der Waals surface area contributed by atoms with Crippen LogP contribution in [0.25, 0.3) is 0 Å². The summed E-state index contributed by atoms with van der Waals surface area (Å²) in [6.07, 6.45) is 3.70. The third-order valence-corrected chi connectivity index (χ3v) is 4.70. The van der Waals surface area contributed by atoms with Crippen molar-refractivity contribution in [3.8, 4) is 0 Å². The molecule has 3 aromatic rings. The quantitative estimate of drug-likeness (QED) is 0.728. The molecule has 3 aromatic heterocycles. The highest BCUT2D eigenvalue weighted by atomic mass is 16.5. The molecule has 9 heteroatoms. The van der Waals surface area contributed by atoms with Crippen molar-refractivity contribution < 1.29 is 9.32 Å². The molecule has 9 nitrogen and oxygen atoms in total. The van der Waals surface area contributed by atoms with E-state index in [9.17, 15) is 4.79 Å². The maximum Gasteiger partial charge on any atom is 0.227 e. The van der Waals surface area contributed by atoms with Crippen molar-refractivity contribution in [2.75, 3.05) is 11.9 Å². The van der Waals surface area contributed by atoms with E-state index in [4.69, 9.17) is 4.52 Å². The highest BCUT2D eigenvalue weighted by Crippen LogP contribution is 2.18. The van der Waals surface area contributed by atoms with Crippen molar-refractivity contribution in [1.29, 1.82) is 0 Å². The molecule has 0 unspecified atom stereocenters. The molecule has 1 N–H and O–H groups in total. The van der Waals surface area contributed by atoms with Crippen molar-refractivity contribution in [3.63, 3.8) is 0 Å². The second-order valence-corrected chi connectivity index (χ2v) is 6.57. The van der Waals surface area contributed by atoms with Crippen LogP contribution in [0.3, 0.4) is 0 Å². The fourth-order valence-electron chi connectivity index (χ4n) is 3.20. The summed E-state index contributed by atoms with van der Waals surface area (Å²) in [5, 5.41) is 11.7. The van der Waals surface area contributed by atoms with Crippen LogP contribution in [0, 0.1) is 13.8 Å². The highest BCUT2D eigenvalue weighted by Gasteiger charge is 2.24. The van der Waals surface area contributed by atoms with Crippen LogP contribution in [-0.4, -0.2) is 42.3 Å². The number of hydrogen-bond donors (Lipinski definition) is 1. The predicted molar refractivity (Wildman–Crippen MR) is 96.7 cm³/mol. The third kappa shape index (κ3) is 3.67. The molecule has 1 aliphatic heterocycles. The number of anilines is 1. The zero-order valence-corrected chi connectivity index (χ0v) is 15.3. The topological polar surface area (TPSA) is 102 Å². The van der Waals surface area contributed by atoms with Crippen LogP contribution in [0.2, 0.25) is 0 Å². The van der Waals surface area contributed by atoms with Crippen LogP contribution in [0.15, 0.2) is 29.0 Å². The Labute approximate surface area is 156 Å². The zero-order valence-electron chi connectivity index (χ0n) is 15.3. The number of rotatable bonds is 5. The first kappa shape index (κ1) is 17.2. The van der Waals surface area contributed by atoms with Gasteiger partial charge in [0.15, 0.2) is 0 Å². The van der Waals surface area contributed by atoms with Gasteiger partial charge in [0, 0.05) is 24.5 Å². The first-order chi connectivity index (χ1) is 13.1. The normalized spacial score (nSPS) is 13.5. The Hall–Kier alpha value is -3.23. The molecule has 0 fully saturated rings. The fourth-order valence-corrected chi connectivity index (χ4v) is 3.20. The van der Waals surface area contributed by atoms with Crippen LogP contribution in [0.5, 0.6) is 0 Å². The van der Waals surface area contributed by atoms with Crippen LogP contribution in [0.4, 0.5) is 5.95 Å². The molecule has 1 aliphatic rings. The molecule has 1 amide bonds. The summed E-state index contributed by atoms with van der Waals surface area (Å²) in [5.74, 6) is 1.35. The monoisotopic (exact) mass is 367 g/mol. The summed E-state index contributed by atoms with van der Waals surface area (Å²) in [4.78, 5) is 22.8. The lowest BCUT2D eigenvalue weighted by atomic mass is 10.1. The Morgan fingerprint density at radius 2 is 2.07 bits per heavy atom. The van der Waals surface area contributed by atoms with Crippen LogP contribution < -0.4 is 5.32 Å². The number of carbonyl (C=O) groups is 1. The number of aromatic nitrogens is 5. The Bertz CT molecular complexity index is 929. The minimum Gasteiger partial charge on any atom is -0.361 e. The van der Waals surface area contributed by atoms with Crippen LogP contribution in [-0.2, 0) is 30.8 Å². The molecule has 0 saturated heterocycles. The Kier molecular flexibility index (Phi) is 4.57. The molecule has 0 spiro atoms. The van der Waals surface area contributed by atoms with E-state index < -0.39 is 0 Å². The SMILES string of the molecule is Cc1noc(C)c1CC(=O)N1CCn2nc(CNc3ncccn3)cc2C1. The summed E-state index contributed by atoms with van der Waals surface area (Å²) in [7, 11) is 0. The Morgan fingerprint density at radius 1 is 1.26 bits per heavy atom. The van der Waals surface area contributed by atoms with Crippen molar-refractivity contribution in [1.82, 2.24) is 29.8 Å². The van der Waals surface area contributed by atoms with Gasteiger partial charge in [0.2, 0.25) is 11.9 Å². The number of aryl methyl sites for hydroxylation is 2. The lowest BCUT2D eigenvalue weighted by Gasteiger charge is -2.27. The van der Waals surface area contributed by atoms with Gasteiger partial charge in [0.25, 0.3) is 0 Å². The number of hydrogen-bond acceptors (Lipinski definition) is 7. The molecule has 4 heterocycles. The van der Waals surface area contributed by atoms with Crippen molar-refractivity contribution in [2.24, 2.45) is 0 Å². The number of amides is 1. The summed E-state index contributed by atoms with van der Waals surface area (Å²) in [6.45, 7) is 6.12. The first-order valence-corrected chi connectivity index (χ1v) is 8.86. The van der Waals surface area contributed by atoms with Gasteiger partial charge in [-0.15, -0.1) is 0 Å². The van der Waals surface area contributed by atoms with Crippen molar-refractivity contribution in [2.45, 2.75) is 39.9 Å². The van der Waals surface area contributed by atoms with Gasteiger partial charge in [0.05, 0.1) is 43.1 Å². The minimum atomic E-state index is 0.0780. The van der Waals surface area contributed by atoms with Gasteiger partial charge in [-0.05, 0) is 26.0 Å². The molecule has 0 saturated carbocycles. The van der Waals surface area contributed by atoms with E-state index in [-0.39, 0.29) is 5.91 Å². The van der Waals surface area contributed by atoms with Crippen molar-refractivity contribution >= 4 is 11.9 Å². The number of nitrogens with one attached hydrogen (secondary N) is 1. The molecule has 0 aromatic carbocycles. The van der Waals surface area contributed by atoms with E-state index in [2.05, 4.69) is 25.5 Å². The molecular weight excluding hydrogens is 346 g/mol. The van der Waals surface area contributed by atoms with Gasteiger partial charge in [0.1, 0.15) is 5.76 Å². The second kappa shape index (κ2) is 7.18. The lowest BCUT2D eigenvalue weighted by Crippen LogP contribution is -2.39. The number of carbonyl (C=O) groups excluding carboxylic acids is 1. The molecule has 140 valence electrons. The summed E-state index contributed by atoms with van der Waals surface area (Å²) in [5.41, 5.74) is 3.59. The van der Waals surface area contributed by atoms with Gasteiger partial charge in [-0.3, -0.25) is 9.48 Å². The van der Waals surface area contributed by atoms with Crippen LogP contribution >= 0.6 is 0 Å². The predicted octanol–water partition coefficient (Wildman–Crippen LogP) is 1.47. The van der Waals surface area contributed by atoms with E-state index in [1.165, 1.54) is 0 Å².